The maximum Gasteiger partial charge on any atom is 0.278 e. The molecule has 1 aliphatic rings. The summed E-state index contributed by atoms with van der Waals surface area (Å²) in [5.74, 6) is -0.629. The second-order valence-electron chi connectivity index (χ2n) is 6.67. The van der Waals surface area contributed by atoms with Gasteiger partial charge >= 0.3 is 0 Å². The van der Waals surface area contributed by atoms with E-state index in [-0.39, 0.29) is 11.8 Å². The van der Waals surface area contributed by atoms with Crippen LogP contribution in [0.5, 0.6) is 0 Å². The average molecular weight is 356 g/mol. The lowest BCUT2D eigenvalue weighted by Gasteiger charge is -2.07. The van der Waals surface area contributed by atoms with Crippen molar-refractivity contribution in [3.05, 3.63) is 66.6 Å². The van der Waals surface area contributed by atoms with E-state index < -0.39 is 0 Å². The minimum Gasteiger partial charge on any atom is -0.350 e. The number of fused-ring (bicyclic) bond motifs is 2. The van der Waals surface area contributed by atoms with Crippen molar-refractivity contribution in [2.24, 2.45) is 7.05 Å². The maximum atomic E-state index is 13.0. The molecule has 6 nitrogen and oxygen atoms in total. The molecule has 2 amide bonds. The molecule has 2 aromatic heterocycles. The highest BCUT2D eigenvalue weighted by atomic mass is 16.2. The molecule has 5 rings (SSSR count). The second kappa shape index (κ2) is 5.41. The number of para-hydroxylation sites is 3. The number of likely N-dealkylation sites (N-methyl/N-ethyl adjacent to an activating group) is 1. The van der Waals surface area contributed by atoms with Crippen LogP contribution in [-0.4, -0.2) is 37.9 Å². The zero-order chi connectivity index (χ0) is 18.7. The summed E-state index contributed by atoms with van der Waals surface area (Å²) in [7, 11) is 3.45. The zero-order valence-electron chi connectivity index (χ0n) is 14.9. The van der Waals surface area contributed by atoms with Crippen LogP contribution in [0, 0.1) is 0 Å². The van der Waals surface area contributed by atoms with E-state index in [0.29, 0.717) is 11.3 Å². The van der Waals surface area contributed by atoms with Crippen LogP contribution >= 0.6 is 0 Å². The number of rotatable bonds is 2. The van der Waals surface area contributed by atoms with Crippen molar-refractivity contribution >= 4 is 45.0 Å². The van der Waals surface area contributed by atoms with Crippen molar-refractivity contribution in [1.29, 1.82) is 0 Å². The van der Waals surface area contributed by atoms with Crippen LogP contribution < -0.4 is 0 Å². The molecular weight excluding hydrogens is 340 g/mol. The molecule has 0 unspecified atom stereocenters. The zero-order valence-corrected chi connectivity index (χ0v) is 14.9. The number of amides is 2. The van der Waals surface area contributed by atoms with Gasteiger partial charge in [-0.25, -0.2) is 4.98 Å². The molecule has 0 bridgehead atoms. The standard InChI is InChI=1S/C21H16N4O2/c1-23-11-14(13-7-3-5-9-16(13)23)18-19(21(27)24(2)20(18)26)25-12-22-15-8-4-6-10-17(15)25/h3-12H,1-2H3. The lowest BCUT2D eigenvalue weighted by atomic mass is 10.0. The molecule has 0 N–H and O–H groups in total. The molecule has 2 aromatic carbocycles. The normalized spacial score (nSPS) is 15.0. The molecule has 3 heterocycles. The van der Waals surface area contributed by atoms with Gasteiger partial charge in [-0.1, -0.05) is 30.3 Å². The van der Waals surface area contributed by atoms with Gasteiger partial charge in [0.25, 0.3) is 11.8 Å². The SMILES string of the molecule is CN1C(=O)C(c2cn(C)c3ccccc23)=C(n2cnc3ccccc32)C1=O. The summed E-state index contributed by atoms with van der Waals surface area (Å²) in [5.41, 5.74) is 4.07. The van der Waals surface area contributed by atoms with Crippen LogP contribution in [0.15, 0.2) is 61.1 Å². The number of hydrogen-bond acceptors (Lipinski definition) is 3. The molecule has 1 aliphatic heterocycles. The van der Waals surface area contributed by atoms with Gasteiger partial charge < -0.3 is 4.57 Å². The topological polar surface area (TPSA) is 60.1 Å². The van der Waals surface area contributed by atoms with Gasteiger partial charge in [-0.3, -0.25) is 19.1 Å². The van der Waals surface area contributed by atoms with E-state index in [0.717, 1.165) is 27.5 Å². The smallest absolute Gasteiger partial charge is 0.278 e. The van der Waals surface area contributed by atoms with Crippen molar-refractivity contribution in [1.82, 2.24) is 19.0 Å². The van der Waals surface area contributed by atoms with E-state index in [2.05, 4.69) is 4.98 Å². The van der Waals surface area contributed by atoms with Crippen LogP contribution in [0.2, 0.25) is 0 Å². The quantitative estimate of drug-likeness (QED) is 0.519. The molecule has 4 aromatic rings. The van der Waals surface area contributed by atoms with Gasteiger partial charge in [0.05, 0.1) is 16.6 Å². The van der Waals surface area contributed by atoms with E-state index in [9.17, 15) is 9.59 Å². The molecule has 0 saturated carbocycles. The van der Waals surface area contributed by atoms with Crippen molar-refractivity contribution in [3.8, 4) is 0 Å². The van der Waals surface area contributed by atoms with Crippen LogP contribution in [-0.2, 0) is 16.6 Å². The van der Waals surface area contributed by atoms with Crippen molar-refractivity contribution in [3.63, 3.8) is 0 Å². The average Bonchev–Trinajstić information content (AvgIpc) is 3.32. The number of imide groups is 1. The van der Waals surface area contributed by atoms with Gasteiger partial charge in [0.15, 0.2) is 0 Å². The van der Waals surface area contributed by atoms with Gasteiger partial charge in [0, 0.05) is 36.8 Å². The van der Waals surface area contributed by atoms with Gasteiger partial charge in [0.1, 0.15) is 12.0 Å². The summed E-state index contributed by atoms with van der Waals surface area (Å²) in [5, 5.41) is 0.938. The summed E-state index contributed by atoms with van der Waals surface area (Å²) in [6.07, 6.45) is 3.51. The first-order chi connectivity index (χ1) is 13.1. The Morgan fingerprint density at radius 2 is 1.56 bits per heavy atom. The Kier molecular flexibility index (Phi) is 3.12. The number of carbonyl (C=O) groups excluding carboxylic acids is 2. The number of carbonyl (C=O) groups is 2. The number of imidazole rings is 1. The largest absolute Gasteiger partial charge is 0.350 e. The Morgan fingerprint density at radius 1 is 0.852 bits per heavy atom. The number of hydrogen-bond donors (Lipinski definition) is 0. The maximum absolute atomic E-state index is 13.0. The Morgan fingerprint density at radius 3 is 2.37 bits per heavy atom. The third-order valence-corrected chi connectivity index (χ3v) is 5.12. The molecule has 27 heavy (non-hydrogen) atoms. The highest BCUT2D eigenvalue weighted by Gasteiger charge is 2.39. The van der Waals surface area contributed by atoms with Crippen LogP contribution in [0.25, 0.3) is 33.2 Å². The molecule has 0 aliphatic carbocycles. The minimum atomic E-state index is -0.328. The summed E-state index contributed by atoms with van der Waals surface area (Å²) >= 11 is 0. The highest BCUT2D eigenvalue weighted by molar-refractivity contribution is 6.47. The number of benzene rings is 2. The molecule has 0 saturated heterocycles. The molecule has 132 valence electrons. The second-order valence-corrected chi connectivity index (χ2v) is 6.67. The van der Waals surface area contributed by atoms with E-state index >= 15 is 0 Å². The van der Waals surface area contributed by atoms with Gasteiger partial charge in [-0.05, 0) is 18.2 Å². The van der Waals surface area contributed by atoms with Crippen molar-refractivity contribution in [2.75, 3.05) is 7.05 Å². The predicted molar refractivity (Wildman–Crippen MR) is 104 cm³/mol. The Labute approximate surface area is 154 Å². The van der Waals surface area contributed by atoms with E-state index in [1.807, 2.05) is 66.3 Å². The van der Waals surface area contributed by atoms with Gasteiger partial charge in [-0.2, -0.15) is 0 Å². The summed E-state index contributed by atoms with van der Waals surface area (Å²) in [4.78, 5) is 31.5. The first kappa shape index (κ1) is 15.6. The number of aryl methyl sites for hydroxylation is 1. The van der Waals surface area contributed by atoms with Crippen LogP contribution in [0.1, 0.15) is 5.56 Å². The molecule has 0 radical (unpaired) electrons. The molecule has 0 spiro atoms. The summed E-state index contributed by atoms with van der Waals surface area (Å²) in [6.45, 7) is 0. The van der Waals surface area contributed by atoms with E-state index in [4.69, 9.17) is 0 Å². The Bertz CT molecular complexity index is 1290. The molecule has 0 fully saturated rings. The lowest BCUT2D eigenvalue weighted by molar-refractivity contribution is -0.134. The predicted octanol–water partition coefficient (Wildman–Crippen LogP) is 2.89. The monoisotopic (exact) mass is 356 g/mol. The third kappa shape index (κ3) is 2.04. The first-order valence-corrected chi connectivity index (χ1v) is 8.61. The first-order valence-electron chi connectivity index (χ1n) is 8.61. The fourth-order valence-corrected chi connectivity index (χ4v) is 3.77. The van der Waals surface area contributed by atoms with Crippen molar-refractivity contribution in [2.45, 2.75) is 0 Å². The van der Waals surface area contributed by atoms with E-state index in [1.165, 1.54) is 11.9 Å². The Balaban J connectivity index is 1.88. The molecule has 0 atom stereocenters. The minimum absolute atomic E-state index is 0.302. The fourth-order valence-electron chi connectivity index (χ4n) is 3.77. The third-order valence-electron chi connectivity index (χ3n) is 5.12. The van der Waals surface area contributed by atoms with E-state index in [1.54, 1.807) is 10.9 Å². The van der Waals surface area contributed by atoms with Crippen LogP contribution in [0.3, 0.4) is 0 Å². The lowest BCUT2D eigenvalue weighted by Crippen LogP contribution is -2.27. The molecular formula is C21H16N4O2. The summed E-state index contributed by atoms with van der Waals surface area (Å²) < 4.78 is 3.69. The fraction of sp³-hybridized carbons (Fsp3) is 0.0952. The van der Waals surface area contributed by atoms with Gasteiger partial charge in [0.2, 0.25) is 0 Å². The Hall–Kier alpha value is -3.67. The van der Waals surface area contributed by atoms with Crippen molar-refractivity contribution < 1.29 is 9.59 Å². The van der Waals surface area contributed by atoms with Crippen LogP contribution in [0.4, 0.5) is 0 Å². The number of aromatic nitrogens is 3. The molecule has 6 heteroatoms. The van der Waals surface area contributed by atoms with Gasteiger partial charge in [-0.15, -0.1) is 0 Å². The number of nitrogens with zero attached hydrogens (tertiary/aromatic N) is 4. The summed E-state index contributed by atoms with van der Waals surface area (Å²) in [6, 6.07) is 15.4. The highest BCUT2D eigenvalue weighted by Crippen LogP contribution is 2.37.